The third-order valence-electron chi connectivity index (χ3n) is 4.69. The predicted octanol–water partition coefficient (Wildman–Crippen LogP) is 7.23. The molecule has 1 aromatic heterocycles. The molecule has 0 aliphatic rings. The number of fused-ring (bicyclic) bond motifs is 3. The summed E-state index contributed by atoms with van der Waals surface area (Å²) in [6.07, 6.45) is 0. The molecule has 5 rings (SSSR count). The summed E-state index contributed by atoms with van der Waals surface area (Å²) in [6.45, 7) is 0. The lowest BCUT2D eigenvalue weighted by Crippen LogP contribution is -1.94. The maximum absolute atomic E-state index is 6.07. The number of hydrogen-bond donors (Lipinski definition) is 0. The van der Waals surface area contributed by atoms with E-state index in [1.165, 1.54) is 21.8 Å². The van der Waals surface area contributed by atoms with Crippen LogP contribution in [-0.2, 0) is 0 Å². The molecule has 0 atom stereocenters. The summed E-state index contributed by atoms with van der Waals surface area (Å²) in [5.41, 5.74) is 3.42. The van der Waals surface area contributed by atoms with Crippen molar-refractivity contribution in [3.05, 3.63) is 102 Å². The maximum Gasteiger partial charge on any atom is 0.129 e. The number of halogens is 1. The van der Waals surface area contributed by atoms with E-state index in [0.717, 1.165) is 17.2 Å². The molecule has 0 saturated heterocycles. The van der Waals surface area contributed by atoms with Gasteiger partial charge in [-0.2, -0.15) is 0 Å². The van der Waals surface area contributed by atoms with Crippen molar-refractivity contribution in [1.29, 1.82) is 0 Å². The second-order valence-corrected chi connectivity index (χ2v) is 6.86. The third-order valence-corrected chi connectivity index (χ3v) is 4.92. The van der Waals surface area contributed by atoms with E-state index in [1.54, 1.807) is 0 Å². The first-order valence-corrected chi connectivity index (χ1v) is 9.19. The Hall–Kier alpha value is -3.23. The standard InChI is InChI=1S/C24H16ClNO/c25-17-7-5-9-19(15-17)27-20-10-6-8-18(16-20)26-23-13-3-1-11-21(23)22-12-2-4-14-24(22)26/h1-16H. The average Bonchev–Trinajstić information content (AvgIpc) is 3.03. The van der Waals surface area contributed by atoms with E-state index in [0.29, 0.717) is 5.02 Å². The molecular formula is C24H16ClNO. The lowest BCUT2D eigenvalue weighted by molar-refractivity contribution is 0.482. The molecule has 27 heavy (non-hydrogen) atoms. The Morgan fingerprint density at radius 2 is 1.19 bits per heavy atom. The Morgan fingerprint density at radius 1 is 0.593 bits per heavy atom. The van der Waals surface area contributed by atoms with Crippen molar-refractivity contribution < 1.29 is 4.74 Å². The topological polar surface area (TPSA) is 14.2 Å². The van der Waals surface area contributed by atoms with Gasteiger partial charge in [0.05, 0.1) is 11.0 Å². The van der Waals surface area contributed by atoms with Gasteiger partial charge in [0.2, 0.25) is 0 Å². The summed E-state index contributed by atoms with van der Waals surface area (Å²) in [7, 11) is 0. The van der Waals surface area contributed by atoms with Gasteiger partial charge in [-0.1, -0.05) is 60.1 Å². The summed E-state index contributed by atoms with van der Waals surface area (Å²) in [4.78, 5) is 0. The highest BCUT2D eigenvalue weighted by Gasteiger charge is 2.11. The van der Waals surface area contributed by atoms with E-state index < -0.39 is 0 Å². The van der Waals surface area contributed by atoms with Crippen molar-refractivity contribution in [2.75, 3.05) is 0 Å². The molecule has 0 N–H and O–H groups in total. The molecule has 0 unspecified atom stereocenters. The van der Waals surface area contributed by atoms with Crippen LogP contribution in [0, 0.1) is 0 Å². The highest BCUT2D eigenvalue weighted by Crippen LogP contribution is 2.33. The van der Waals surface area contributed by atoms with Gasteiger partial charge >= 0.3 is 0 Å². The van der Waals surface area contributed by atoms with Crippen LogP contribution in [0.15, 0.2) is 97.1 Å². The molecule has 2 nitrogen and oxygen atoms in total. The van der Waals surface area contributed by atoms with Crippen molar-refractivity contribution in [2.45, 2.75) is 0 Å². The summed E-state index contributed by atoms with van der Waals surface area (Å²) in [6, 6.07) is 32.5. The number of nitrogens with zero attached hydrogens (tertiary/aromatic N) is 1. The third kappa shape index (κ3) is 2.84. The first kappa shape index (κ1) is 16.0. The fraction of sp³-hybridized carbons (Fsp3) is 0. The number of para-hydroxylation sites is 2. The lowest BCUT2D eigenvalue weighted by Gasteiger charge is -2.11. The van der Waals surface area contributed by atoms with Crippen molar-refractivity contribution in [2.24, 2.45) is 0 Å². The van der Waals surface area contributed by atoms with Crippen LogP contribution in [0.25, 0.3) is 27.5 Å². The summed E-state index contributed by atoms with van der Waals surface area (Å²) < 4.78 is 8.30. The second kappa shape index (κ2) is 6.49. The summed E-state index contributed by atoms with van der Waals surface area (Å²) >= 11 is 6.07. The maximum atomic E-state index is 6.07. The van der Waals surface area contributed by atoms with Crippen LogP contribution in [0.3, 0.4) is 0 Å². The van der Waals surface area contributed by atoms with E-state index in [2.05, 4.69) is 65.2 Å². The molecule has 0 radical (unpaired) electrons. The van der Waals surface area contributed by atoms with Crippen LogP contribution < -0.4 is 4.74 Å². The van der Waals surface area contributed by atoms with Crippen molar-refractivity contribution in [3.63, 3.8) is 0 Å². The zero-order chi connectivity index (χ0) is 18.2. The minimum atomic E-state index is 0.658. The SMILES string of the molecule is Clc1cccc(Oc2cccc(-n3c4ccccc4c4ccccc43)c2)c1. The molecule has 4 aromatic carbocycles. The molecule has 1 heterocycles. The number of ether oxygens (including phenoxy) is 1. The van der Waals surface area contributed by atoms with Gasteiger partial charge < -0.3 is 9.30 Å². The van der Waals surface area contributed by atoms with E-state index in [4.69, 9.17) is 16.3 Å². The van der Waals surface area contributed by atoms with Crippen LogP contribution in [0.2, 0.25) is 5.02 Å². The minimum Gasteiger partial charge on any atom is -0.457 e. The van der Waals surface area contributed by atoms with E-state index in [9.17, 15) is 0 Å². The largest absolute Gasteiger partial charge is 0.457 e. The van der Waals surface area contributed by atoms with Crippen LogP contribution in [-0.4, -0.2) is 4.57 Å². The van der Waals surface area contributed by atoms with Crippen molar-refractivity contribution >= 4 is 33.4 Å². The Kier molecular flexibility index (Phi) is 3.84. The van der Waals surface area contributed by atoms with Crippen LogP contribution in [0.4, 0.5) is 0 Å². The van der Waals surface area contributed by atoms with Gasteiger partial charge in [0.1, 0.15) is 11.5 Å². The number of hydrogen-bond acceptors (Lipinski definition) is 1. The number of rotatable bonds is 3. The first-order valence-electron chi connectivity index (χ1n) is 8.82. The molecular weight excluding hydrogens is 354 g/mol. The van der Waals surface area contributed by atoms with Crippen molar-refractivity contribution in [3.8, 4) is 17.2 Å². The highest BCUT2D eigenvalue weighted by atomic mass is 35.5. The molecule has 5 aromatic rings. The average molecular weight is 370 g/mol. The Labute approximate surface area is 162 Å². The molecule has 0 fully saturated rings. The Balaban J connectivity index is 1.67. The predicted molar refractivity (Wildman–Crippen MR) is 112 cm³/mol. The van der Waals surface area contributed by atoms with E-state index >= 15 is 0 Å². The van der Waals surface area contributed by atoms with Crippen LogP contribution in [0.1, 0.15) is 0 Å². The van der Waals surface area contributed by atoms with Gasteiger partial charge in [-0.05, 0) is 42.5 Å². The molecule has 130 valence electrons. The second-order valence-electron chi connectivity index (χ2n) is 6.43. The monoisotopic (exact) mass is 369 g/mol. The van der Waals surface area contributed by atoms with Gasteiger partial charge in [0, 0.05) is 27.5 Å². The fourth-order valence-electron chi connectivity index (χ4n) is 3.55. The summed E-state index contributed by atoms with van der Waals surface area (Å²) in [5.74, 6) is 1.50. The molecule has 0 aliphatic carbocycles. The number of aromatic nitrogens is 1. The quantitative estimate of drug-likeness (QED) is 0.327. The van der Waals surface area contributed by atoms with E-state index in [-0.39, 0.29) is 0 Å². The molecule has 0 saturated carbocycles. The van der Waals surface area contributed by atoms with Crippen molar-refractivity contribution in [1.82, 2.24) is 4.57 Å². The van der Waals surface area contributed by atoms with Crippen LogP contribution >= 0.6 is 11.6 Å². The molecule has 0 amide bonds. The molecule has 0 aliphatic heterocycles. The summed E-state index contributed by atoms with van der Waals surface area (Å²) in [5, 5.41) is 3.15. The van der Waals surface area contributed by atoms with Gasteiger partial charge in [-0.15, -0.1) is 0 Å². The fourth-order valence-corrected chi connectivity index (χ4v) is 3.73. The zero-order valence-corrected chi connectivity index (χ0v) is 15.2. The van der Waals surface area contributed by atoms with Gasteiger partial charge in [-0.3, -0.25) is 0 Å². The molecule has 0 spiro atoms. The van der Waals surface area contributed by atoms with Crippen LogP contribution in [0.5, 0.6) is 11.5 Å². The highest BCUT2D eigenvalue weighted by molar-refractivity contribution is 6.30. The van der Waals surface area contributed by atoms with Gasteiger partial charge in [0.15, 0.2) is 0 Å². The zero-order valence-electron chi connectivity index (χ0n) is 14.5. The lowest BCUT2D eigenvalue weighted by atomic mass is 10.2. The Morgan fingerprint density at radius 3 is 1.85 bits per heavy atom. The van der Waals surface area contributed by atoms with Gasteiger partial charge in [0.25, 0.3) is 0 Å². The molecule has 0 bridgehead atoms. The van der Waals surface area contributed by atoms with Gasteiger partial charge in [-0.25, -0.2) is 0 Å². The normalized spacial score (nSPS) is 11.1. The first-order chi connectivity index (χ1) is 13.3. The molecule has 3 heteroatoms. The minimum absolute atomic E-state index is 0.658. The number of benzene rings is 4. The smallest absolute Gasteiger partial charge is 0.129 e. The Bertz CT molecular complexity index is 1220. The van der Waals surface area contributed by atoms with E-state index in [1.807, 2.05) is 36.4 Å².